The maximum Gasteiger partial charge on any atom is 0.234 e. The number of carbonyl (C=O) groups excluding carboxylic acids is 1. The van der Waals surface area contributed by atoms with Gasteiger partial charge in [-0.2, -0.15) is 11.8 Å². The fourth-order valence-corrected chi connectivity index (χ4v) is 3.69. The number of benzene rings is 2. The minimum absolute atomic E-state index is 0.0000977. The second kappa shape index (κ2) is 8.87. The number of thiazole rings is 1. The van der Waals surface area contributed by atoms with E-state index < -0.39 is 0 Å². The number of rotatable bonds is 7. The number of carbonyl (C=O) groups is 1. The molecule has 2 aromatic carbocycles. The van der Waals surface area contributed by atoms with E-state index in [1.807, 2.05) is 55.6 Å². The average molecular weight is 385 g/mol. The van der Waals surface area contributed by atoms with Crippen LogP contribution in [0.1, 0.15) is 10.6 Å². The maximum absolute atomic E-state index is 11.6. The zero-order valence-corrected chi connectivity index (χ0v) is 16.3. The highest BCUT2D eigenvalue weighted by molar-refractivity contribution is 7.99. The van der Waals surface area contributed by atoms with Crippen molar-refractivity contribution in [2.75, 3.05) is 17.3 Å². The number of aromatic nitrogens is 1. The number of aryl methyl sites for hydroxylation is 1. The minimum atomic E-state index is -0.0000977. The van der Waals surface area contributed by atoms with Gasteiger partial charge in [-0.05, 0) is 37.4 Å². The summed E-state index contributed by atoms with van der Waals surface area (Å²) in [6.07, 6.45) is 1.90. The van der Waals surface area contributed by atoms with Crippen molar-refractivity contribution in [2.45, 2.75) is 13.5 Å². The van der Waals surface area contributed by atoms with Crippen molar-refractivity contribution in [1.29, 1.82) is 0 Å². The molecule has 0 fully saturated rings. The first kappa shape index (κ1) is 18.5. The van der Waals surface area contributed by atoms with Crippen LogP contribution in [0.15, 0.2) is 54.6 Å². The normalized spacial score (nSPS) is 10.5. The summed E-state index contributed by atoms with van der Waals surface area (Å²) in [5.74, 6) is 1.22. The van der Waals surface area contributed by atoms with E-state index in [-0.39, 0.29) is 5.91 Å². The molecule has 26 heavy (non-hydrogen) atoms. The Morgan fingerprint density at radius 1 is 1.15 bits per heavy atom. The molecule has 1 N–H and O–H groups in total. The molecule has 134 valence electrons. The molecule has 4 nitrogen and oxygen atoms in total. The number of nitrogens with zero attached hydrogens (tertiary/aromatic N) is 1. The van der Waals surface area contributed by atoms with Crippen molar-refractivity contribution in [2.24, 2.45) is 0 Å². The van der Waals surface area contributed by atoms with Crippen LogP contribution in [0.5, 0.6) is 5.75 Å². The summed E-state index contributed by atoms with van der Waals surface area (Å²) in [6, 6.07) is 17.6. The summed E-state index contributed by atoms with van der Waals surface area (Å²) in [5, 5.41) is 3.86. The van der Waals surface area contributed by atoms with Crippen LogP contribution in [-0.4, -0.2) is 22.9 Å². The van der Waals surface area contributed by atoms with Gasteiger partial charge in [0.05, 0.1) is 16.3 Å². The third-order valence-electron chi connectivity index (χ3n) is 3.70. The highest BCUT2D eigenvalue weighted by Gasteiger charge is 2.10. The van der Waals surface area contributed by atoms with Crippen LogP contribution in [0.4, 0.5) is 5.69 Å². The molecule has 3 rings (SSSR count). The van der Waals surface area contributed by atoms with Crippen LogP contribution in [0.3, 0.4) is 0 Å². The molecule has 0 aliphatic rings. The minimum Gasteiger partial charge on any atom is -0.488 e. The van der Waals surface area contributed by atoms with E-state index in [1.165, 1.54) is 11.8 Å². The highest BCUT2D eigenvalue weighted by atomic mass is 32.2. The Balaban J connectivity index is 1.61. The highest BCUT2D eigenvalue weighted by Crippen LogP contribution is 2.28. The van der Waals surface area contributed by atoms with E-state index in [0.29, 0.717) is 12.4 Å². The Morgan fingerprint density at radius 3 is 2.58 bits per heavy atom. The van der Waals surface area contributed by atoms with Crippen molar-refractivity contribution in [3.8, 4) is 16.3 Å². The Morgan fingerprint density at radius 2 is 1.88 bits per heavy atom. The lowest BCUT2D eigenvalue weighted by Gasteiger charge is -2.07. The average Bonchev–Trinajstić information content (AvgIpc) is 3.03. The molecule has 1 heterocycles. The fraction of sp³-hybridized carbons (Fsp3) is 0.200. The zero-order valence-electron chi connectivity index (χ0n) is 14.7. The van der Waals surface area contributed by atoms with Crippen molar-refractivity contribution >= 4 is 34.7 Å². The lowest BCUT2D eigenvalue weighted by molar-refractivity contribution is -0.113. The molecule has 6 heteroatoms. The Kier molecular flexibility index (Phi) is 6.30. The van der Waals surface area contributed by atoms with E-state index in [0.717, 1.165) is 32.6 Å². The fourth-order valence-electron chi connectivity index (χ4n) is 2.38. The number of anilines is 1. The van der Waals surface area contributed by atoms with Crippen LogP contribution in [0.2, 0.25) is 0 Å². The van der Waals surface area contributed by atoms with Gasteiger partial charge < -0.3 is 10.1 Å². The first-order valence-electron chi connectivity index (χ1n) is 8.19. The number of ether oxygens (including phenoxy) is 1. The molecule has 3 aromatic rings. The molecule has 0 aliphatic carbocycles. The quantitative estimate of drug-likeness (QED) is 0.623. The van der Waals surface area contributed by atoms with Crippen molar-refractivity contribution in [3.63, 3.8) is 0 Å². The third-order valence-corrected chi connectivity index (χ3v) is 5.43. The van der Waals surface area contributed by atoms with Gasteiger partial charge in [0.25, 0.3) is 0 Å². The summed E-state index contributed by atoms with van der Waals surface area (Å²) in [7, 11) is 0. The van der Waals surface area contributed by atoms with Crippen molar-refractivity contribution < 1.29 is 9.53 Å². The lowest BCUT2D eigenvalue weighted by Crippen LogP contribution is -2.13. The predicted octanol–water partition coefficient (Wildman–Crippen LogP) is 5.00. The van der Waals surface area contributed by atoms with Gasteiger partial charge in [0, 0.05) is 11.3 Å². The molecule has 0 atom stereocenters. The SMILES string of the molecule is CSCC(=O)Nc1ccc(OCc2sc(-c3ccccc3)nc2C)cc1. The van der Waals surface area contributed by atoms with Crippen LogP contribution in [0, 0.1) is 6.92 Å². The molecular weight excluding hydrogens is 364 g/mol. The van der Waals surface area contributed by atoms with Crippen molar-refractivity contribution in [3.05, 3.63) is 65.2 Å². The first-order valence-corrected chi connectivity index (χ1v) is 10.4. The molecule has 0 radical (unpaired) electrons. The van der Waals surface area contributed by atoms with Crippen molar-refractivity contribution in [1.82, 2.24) is 4.98 Å². The summed E-state index contributed by atoms with van der Waals surface area (Å²) < 4.78 is 5.88. The van der Waals surface area contributed by atoms with Crippen LogP contribution >= 0.6 is 23.1 Å². The molecule has 0 saturated heterocycles. The number of amides is 1. The Hall–Kier alpha value is -2.31. The van der Waals surface area contributed by atoms with E-state index in [1.54, 1.807) is 11.3 Å². The van der Waals surface area contributed by atoms with Crippen LogP contribution < -0.4 is 10.1 Å². The first-order chi connectivity index (χ1) is 12.7. The van der Waals surface area contributed by atoms with Crippen LogP contribution in [-0.2, 0) is 11.4 Å². The number of hydrogen-bond donors (Lipinski definition) is 1. The third kappa shape index (κ3) is 4.86. The van der Waals surface area contributed by atoms with Gasteiger partial charge in [-0.3, -0.25) is 4.79 Å². The number of hydrogen-bond acceptors (Lipinski definition) is 5. The van der Waals surface area contributed by atoms with Crippen LogP contribution in [0.25, 0.3) is 10.6 Å². The van der Waals surface area contributed by atoms with E-state index in [9.17, 15) is 4.79 Å². The lowest BCUT2D eigenvalue weighted by atomic mass is 10.2. The van der Waals surface area contributed by atoms with Gasteiger partial charge >= 0.3 is 0 Å². The van der Waals surface area contributed by atoms with E-state index in [2.05, 4.69) is 22.4 Å². The molecular formula is C20H20N2O2S2. The molecule has 0 spiro atoms. The second-order valence-electron chi connectivity index (χ2n) is 5.69. The van der Waals surface area contributed by atoms with E-state index >= 15 is 0 Å². The molecule has 1 amide bonds. The Bertz CT molecular complexity index is 861. The summed E-state index contributed by atoms with van der Waals surface area (Å²) in [4.78, 5) is 17.4. The van der Waals surface area contributed by atoms with Gasteiger partial charge in [-0.1, -0.05) is 30.3 Å². The monoisotopic (exact) mass is 384 g/mol. The smallest absolute Gasteiger partial charge is 0.234 e. The summed E-state index contributed by atoms with van der Waals surface area (Å²) >= 11 is 3.15. The summed E-state index contributed by atoms with van der Waals surface area (Å²) in [6.45, 7) is 2.49. The maximum atomic E-state index is 11.6. The Labute approximate surface area is 161 Å². The zero-order chi connectivity index (χ0) is 18.4. The molecule has 0 saturated carbocycles. The van der Waals surface area contributed by atoms with E-state index in [4.69, 9.17) is 4.74 Å². The number of nitrogens with one attached hydrogen (secondary N) is 1. The van der Waals surface area contributed by atoms with Gasteiger partial charge in [0.1, 0.15) is 17.4 Å². The number of thioether (sulfide) groups is 1. The molecule has 0 bridgehead atoms. The largest absolute Gasteiger partial charge is 0.488 e. The van der Waals surface area contributed by atoms with Gasteiger partial charge in [-0.15, -0.1) is 11.3 Å². The molecule has 0 unspecified atom stereocenters. The molecule has 1 aromatic heterocycles. The summed E-state index contributed by atoms with van der Waals surface area (Å²) in [5.41, 5.74) is 2.89. The van der Waals surface area contributed by atoms with Gasteiger partial charge in [0.15, 0.2) is 0 Å². The second-order valence-corrected chi connectivity index (χ2v) is 7.64. The van der Waals surface area contributed by atoms with Gasteiger partial charge in [-0.25, -0.2) is 4.98 Å². The molecule has 0 aliphatic heterocycles. The van der Waals surface area contributed by atoms with Gasteiger partial charge in [0.2, 0.25) is 5.91 Å². The predicted molar refractivity (Wildman–Crippen MR) is 110 cm³/mol. The standard InChI is InChI=1S/C20H20N2O2S2/c1-14-18(26-20(21-14)15-6-4-3-5-7-15)12-24-17-10-8-16(9-11-17)22-19(23)13-25-2/h3-11H,12-13H2,1-2H3,(H,22,23). The topological polar surface area (TPSA) is 51.2 Å².